The fourth-order valence-electron chi connectivity index (χ4n) is 4.63. The Balaban J connectivity index is 0.000000248. The minimum absolute atomic E-state index is 0. The van der Waals surface area contributed by atoms with Crippen LogP contribution in [0.25, 0.3) is 0 Å². The molecular formula is C36H38F4N2O4Ti. The molecule has 11 heteroatoms. The van der Waals surface area contributed by atoms with Gasteiger partial charge in [0.15, 0.2) is 0 Å². The number of carbonyl (C=O) groups excluding carboxylic acids is 2. The Morgan fingerprint density at radius 2 is 1.02 bits per heavy atom. The number of hydrogen-bond donors (Lipinski definition) is 0. The molecule has 0 N–H and O–H groups in total. The third-order valence-electron chi connectivity index (χ3n) is 7.16. The van der Waals surface area contributed by atoms with Gasteiger partial charge < -0.3 is 19.3 Å². The number of β-lactam (4-membered cyclic amide) rings is 2. The number of benzene rings is 2. The normalized spacial score (nSPS) is 19.4. The van der Waals surface area contributed by atoms with Crippen molar-refractivity contribution in [2.24, 2.45) is 10.8 Å². The molecule has 248 valence electrons. The topological polar surface area (TPSA) is 59.1 Å². The Labute approximate surface area is 288 Å². The molecule has 2 amide bonds. The van der Waals surface area contributed by atoms with Crippen molar-refractivity contribution in [2.45, 2.75) is 27.7 Å². The summed E-state index contributed by atoms with van der Waals surface area (Å²) in [6, 6.07) is 28.5. The van der Waals surface area contributed by atoms with Crippen molar-refractivity contribution in [3.63, 3.8) is 0 Å². The first-order valence-electron chi connectivity index (χ1n) is 14.8. The Kier molecular flexibility index (Phi) is 15.8. The second kappa shape index (κ2) is 18.7. The average Bonchev–Trinajstić information content (AvgIpc) is 3.82. The Morgan fingerprint density at radius 1 is 0.681 bits per heavy atom. The molecule has 0 aliphatic carbocycles. The third kappa shape index (κ3) is 10.7. The van der Waals surface area contributed by atoms with Gasteiger partial charge in [0.05, 0.1) is 24.0 Å². The molecule has 0 aromatic heterocycles. The van der Waals surface area contributed by atoms with Crippen molar-refractivity contribution >= 4 is 23.2 Å². The molecule has 2 aliphatic heterocycles. The first-order valence-corrected chi connectivity index (χ1v) is 14.8. The summed E-state index contributed by atoms with van der Waals surface area (Å²) in [6.45, 7) is 9.64. The van der Waals surface area contributed by atoms with Crippen LogP contribution in [0.4, 0.5) is 28.9 Å². The minimum Gasteiger partial charge on any atom is -0.381 e. The monoisotopic (exact) mass is 686 g/mol. The van der Waals surface area contributed by atoms with Crippen LogP contribution in [-0.2, 0) is 40.8 Å². The minimum atomic E-state index is -0.846. The standard InChI is InChI=1S/2C13H14F2NO2.2C5H5.Ti/c2*1-3-18-8-13(2)7-16(12(13)17)11-5-4-9(14)6-10(11)15;2*1-2-4-5-3-1;/h2*4-5H,3,7-8H2,1-2H3;2*1-5H;/q4*-1;+4. The van der Waals surface area contributed by atoms with E-state index in [1.165, 1.54) is 21.9 Å². The van der Waals surface area contributed by atoms with E-state index in [-0.39, 0.29) is 44.9 Å². The number of nitrogens with zero attached hydrogens (tertiary/aromatic N) is 2. The van der Waals surface area contributed by atoms with E-state index in [1.807, 2.05) is 86.6 Å². The zero-order chi connectivity index (χ0) is 33.7. The van der Waals surface area contributed by atoms with Gasteiger partial charge >= 0.3 is 21.7 Å². The molecule has 0 spiro atoms. The van der Waals surface area contributed by atoms with E-state index in [4.69, 9.17) is 9.47 Å². The van der Waals surface area contributed by atoms with Gasteiger partial charge in [0.2, 0.25) is 11.8 Å². The third-order valence-corrected chi connectivity index (χ3v) is 7.16. The predicted molar refractivity (Wildman–Crippen MR) is 168 cm³/mol. The van der Waals surface area contributed by atoms with Crippen LogP contribution in [-0.4, -0.2) is 51.3 Å². The fraction of sp³-hybridized carbons (Fsp3) is 0.333. The maximum absolute atomic E-state index is 13.5. The van der Waals surface area contributed by atoms with Crippen molar-refractivity contribution < 1.29 is 58.3 Å². The summed E-state index contributed by atoms with van der Waals surface area (Å²) in [5.41, 5.74) is -1.10. The second-order valence-electron chi connectivity index (χ2n) is 11.1. The van der Waals surface area contributed by atoms with Gasteiger partial charge in [-0.1, -0.05) is 0 Å². The van der Waals surface area contributed by atoms with Crippen molar-refractivity contribution in [3.05, 3.63) is 120 Å². The zero-order valence-corrected chi connectivity index (χ0v) is 28.4. The Hall–Kier alpha value is -3.57. The number of anilines is 2. The van der Waals surface area contributed by atoms with Gasteiger partial charge in [0, 0.05) is 49.6 Å². The molecule has 0 radical (unpaired) electrons. The molecule has 0 saturated carbocycles. The second-order valence-corrected chi connectivity index (χ2v) is 11.1. The van der Waals surface area contributed by atoms with Crippen LogP contribution in [0.5, 0.6) is 0 Å². The average molecular weight is 687 g/mol. The van der Waals surface area contributed by atoms with Gasteiger partial charge in [0.25, 0.3) is 0 Å². The van der Waals surface area contributed by atoms with Gasteiger partial charge in [-0.2, -0.15) is 36.4 Å². The number of rotatable bonds is 8. The number of halogens is 4. The molecule has 47 heavy (non-hydrogen) atoms. The Morgan fingerprint density at radius 3 is 1.26 bits per heavy atom. The van der Waals surface area contributed by atoms with Crippen molar-refractivity contribution in [1.82, 2.24) is 0 Å². The van der Waals surface area contributed by atoms with Crippen LogP contribution in [0.1, 0.15) is 27.7 Å². The first kappa shape index (κ1) is 39.6. The van der Waals surface area contributed by atoms with Crippen LogP contribution < -0.4 is 9.80 Å². The van der Waals surface area contributed by atoms with Gasteiger partial charge in [-0.25, -0.2) is 41.8 Å². The predicted octanol–water partition coefficient (Wildman–Crippen LogP) is 7.12. The summed E-state index contributed by atoms with van der Waals surface area (Å²) in [7, 11) is 0. The largest absolute Gasteiger partial charge is 4.00 e. The van der Waals surface area contributed by atoms with E-state index in [2.05, 4.69) is 0 Å². The molecule has 0 bridgehead atoms. The van der Waals surface area contributed by atoms with Crippen molar-refractivity contribution in [3.8, 4) is 0 Å². The van der Waals surface area contributed by atoms with Crippen LogP contribution in [0, 0.1) is 46.2 Å². The fourth-order valence-corrected chi connectivity index (χ4v) is 4.63. The molecule has 6 rings (SSSR count). The smallest absolute Gasteiger partial charge is 0.381 e. The number of carbonyl (C=O) groups is 2. The maximum Gasteiger partial charge on any atom is 4.00 e. The number of ether oxygens (including phenoxy) is 2. The molecular weight excluding hydrogens is 648 g/mol. The molecule has 2 fully saturated rings. The van der Waals surface area contributed by atoms with E-state index in [9.17, 15) is 27.2 Å². The van der Waals surface area contributed by atoms with Gasteiger partial charge in [0.1, 0.15) is 0 Å². The molecule has 6 nitrogen and oxygen atoms in total. The van der Waals surface area contributed by atoms with Crippen molar-refractivity contribution in [1.29, 1.82) is 0 Å². The summed E-state index contributed by atoms with van der Waals surface area (Å²) >= 11 is 0. The summed E-state index contributed by atoms with van der Waals surface area (Å²) in [5.74, 6) is -3.67. The van der Waals surface area contributed by atoms with E-state index >= 15 is 0 Å². The van der Waals surface area contributed by atoms with E-state index < -0.39 is 34.1 Å². The molecule has 2 unspecified atom stereocenters. The summed E-state index contributed by atoms with van der Waals surface area (Å²) in [4.78, 5) is 26.6. The molecule has 2 aliphatic rings. The maximum atomic E-state index is 13.5. The summed E-state index contributed by atoms with van der Waals surface area (Å²) in [5, 5.41) is 0. The van der Waals surface area contributed by atoms with Crippen LogP contribution in [0.2, 0.25) is 0 Å². The number of amides is 2. The summed E-state index contributed by atoms with van der Waals surface area (Å²) < 4.78 is 62.9. The Bertz CT molecular complexity index is 1370. The van der Waals surface area contributed by atoms with Gasteiger partial charge in [-0.05, 0) is 39.1 Å². The summed E-state index contributed by atoms with van der Waals surface area (Å²) in [6.07, 6.45) is 0. The first-order chi connectivity index (χ1) is 22.0. The quantitative estimate of drug-likeness (QED) is 0.0858. The zero-order valence-electron chi connectivity index (χ0n) is 26.9. The molecule has 4 aromatic carbocycles. The van der Waals surface area contributed by atoms with Crippen LogP contribution >= 0.6 is 0 Å². The SMILES string of the molecule is CCOCC1(C)CN(c2ccc(F)[c-]c2F)C1=O.CCOCC1(C)CN(c2ccc(F)[c-]c2F)C1=O.[Ti+4].c1cc[cH-]c1.c1cc[cH-]c1. The van der Waals surface area contributed by atoms with E-state index in [0.717, 1.165) is 12.1 Å². The van der Waals surface area contributed by atoms with E-state index in [1.54, 1.807) is 13.8 Å². The van der Waals surface area contributed by atoms with Gasteiger partial charge in [-0.15, -0.1) is 36.4 Å². The van der Waals surface area contributed by atoms with Crippen LogP contribution in [0.15, 0.2) is 84.9 Å². The molecule has 4 aromatic rings. The van der Waals surface area contributed by atoms with Crippen LogP contribution in [0.3, 0.4) is 0 Å². The molecule has 2 heterocycles. The molecule has 2 saturated heterocycles. The van der Waals surface area contributed by atoms with Crippen molar-refractivity contribution in [2.75, 3.05) is 49.3 Å². The number of hydrogen-bond acceptors (Lipinski definition) is 4. The molecule has 2 atom stereocenters. The van der Waals surface area contributed by atoms with Gasteiger partial charge in [-0.3, -0.25) is 9.59 Å². The van der Waals surface area contributed by atoms with E-state index in [0.29, 0.717) is 39.5 Å².